The Morgan fingerprint density at radius 3 is 2.58 bits per heavy atom. The molecule has 0 spiro atoms. The number of rotatable bonds is 6. The monoisotopic (exact) mass is 532 g/mol. The van der Waals surface area contributed by atoms with Gasteiger partial charge in [-0.25, -0.2) is 0 Å². The van der Waals surface area contributed by atoms with Crippen molar-refractivity contribution >= 4 is 17.9 Å². The van der Waals surface area contributed by atoms with Crippen LogP contribution in [0.2, 0.25) is 0 Å². The molecular weight excluding hydrogens is 484 g/mol. The van der Waals surface area contributed by atoms with Crippen molar-refractivity contribution < 1.29 is 33.7 Å². The maximum atomic E-state index is 12.9. The molecule has 0 radical (unpaired) electrons. The van der Waals surface area contributed by atoms with Crippen LogP contribution in [-0.2, 0) is 28.6 Å². The average molecular weight is 533 g/mol. The highest BCUT2D eigenvalue weighted by Crippen LogP contribution is 2.45. The Morgan fingerprint density at radius 1 is 1.11 bits per heavy atom. The lowest BCUT2D eigenvalue weighted by molar-refractivity contribution is -0.166. The summed E-state index contributed by atoms with van der Waals surface area (Å²) in [5.74, 6) is 0.750. The zero-order valence-electron chi connectivity index (χ0n) is 23.9. The molecule has 0 aromatic heterocycles. The molecule has 0 unspecified atom stereocenters. The summed E-state index contributed by atoms with van der Waals surface area (Å²) < 4.78 is 16.4. The van der Waals surface area contributed by atoms with Crippen molar-refractivity contribution in [2.45, 2.75) is 117 Å². The number of allylic oxidation sites excluding steroid dienone is 3. The van der Waals surface area contributed by atoms with Crippen LogP contribution in [-0.4, -0.2) is 47.9 Å². The molecular formula is C31H48O7. The predicted molar refractivity (Wildman–Crippen MR) is 145 cm³/mol. The molecule has 0 aromatic rings. The standard InChI is InChI=1S/C25H38O5.C6H10O2/c1-6-25(4,5)24(28)30-21-12-15(2)11-17-8-7-16(3)20(23(17)21)10-9-19-13-18(26)14-22(27)29-19;7-6-4-2-1-3-5-8-6/h7-8,11,15-16,18-21,23,26H,6,9-10,12-14H2,1-5H3;1-5H2/t15-,16-,18+,19+,20-,21-,23-;/m0./s1. The van der Waals surface area contributed by atoms with E-state index in [1.165, 1.54) is 5.57 Å². The maximum Gasteiger partial charge on any atom is 0.311 e. The molecule has 2 saturated heterocycles. The Balaban J connectivity index is 0.000000427. The Kier molecular flexibility index (Phi) is 11.0. The first kappa shape index (κ1) is 30.4. The third kappa shape index (κ3) is 8.42. The van der Waals surface area contributed by atoms with Crippen molar-refractivity contribution in [1.29, 1.82) is 0 Å². The SMILES string of the molecule is CCC(C)(C)C(=O)O[C@H]1C[C@@H](C)C=C2C=C[C@H](C)[C@H](CC[C@@H]3C[C@@H](O)CC(=O)O3)[C@H]21.O=C1CCCCCO1. The first-order valence-electron chi connectivity index (χ1n) is 14.6. The summed E-state index contributed by atoms with van der Waals surface area (Å²) in [6, 6.07) is 0. The van der Waals surface area contributed by atoms with E-state index in [-0.39, 0.29) is 42.5 Å². The summed E-state index contributed by atoms with van der Waals surface area (Å²) in [5, 5.41) is 9.92. The van der Waals surface area contributed by atoms with Gasteiger partial charge in [-0.2, -0.15) is 0 Å². The fourth-order valence-electron chi connectivity index (χ4n) is 5.89. The molecule has 0 saturated carbocycles. The van der Waals surface area contributed by atoms with E-state index in [2.05, 4.69) is 32.1 Å². The van der Waals surface area contributed by atoms with Gasteiger partial charge in [-0.3, -0.25) is 14.4 Å². The summed E-state index contributed by atoms with van der Waals surface area (Å²) >= 11 is 0. The fourth-order valence-corrected chi connectivity index (χ4v) is 5.89. The van der Waals surface area contributed by atoms with E-state index in [1.807, 2.05) is 20.8 Å². The third-order valence-electron chi connectivity index (χ3n) is 8.64. The Morgan fingerprint density at radius 2 is 1.87 bits per heavy atom. The lowest BCUT2D eigenvalue weighted by Crippen LogP contribution is -2.43. The summed E-state index contributed by atoms with van der Waals surface area (Å²) in [4.78, 5) is 35.0. The average Bonchev–Trinajstić information content (AvgIpc) is 3.10. The van der Waals surface area contributed by atoms with Crippen LogP contribution in [0.4, 0.5) is 0 Å². The predicted octanol–water partition coefficient (Wildman–Crippen LogP) is 5.69. The third-order valence-corrected chi connectivity index (χ3v) is 8.64. The summed E-state index contributed by atoms with van der Waals surface area (Å²) in [6.45, 7) is 10.9. The number of hydrogen-bond acceptors (Lipinski definition) is 7. The Bertz CT molecular complexity index is 879. The first-order valence-corrected chi connectivity index (χ1v) is 14.6. The van der Waals surface area contributed by atoms with E-state index in [4.69, 9.17) is 14.2 Å². The number of esters is 3. The molecule has 0 amide bonds. The van der Waals surface area contributed by atoms with Crippen LogP contribution in [0, 0.1) is 29.1 Å². The molecule has 1 N–H and O–H groups in total. The van der Waals surface area contributed by atoms with Crippen LogP contribution in [0.15, 0.2) is 23.8 Å². The molecule has 2 aliphatic carbocycles. The number of cyclic esters (lactones) is 2. The zero-order valence-corrected chi connectivity index (χ0v) is 23.9. The van der Waals surface area contributed by atoms with Crippen LogP contribution in [0.3, 0.4) is 0 Å². The van der Waals surface area contributed by atoms with Gasteiger partial charge in [0, 0.05) is 18.8 Å². The number of aliphatic hydroxyl groups excluding tert-OH is 1. The van der Waals surface area contributed by atoms with Gasteiger partial charge < -0.3 is 19.3 Å². The molecule has 4 aliphatic rings. The van der Waals surface area contributed by atoms with Crippen molar-refractivity contribution in [3.8, 4) is 0 Å². The van der Waals surface area contributed by atoms with Gasteiger partial charge in [-0.15, -0.1) is 0 Å². The van der Waals surface area contributed by atoms with Crippen LogP contribution in [0.25, 0.3) is 0 Å². The van der Waals surface area contributed by atoms with Gasteiger partial charge in [0.1, 0.15) is 12.2 Å². The summed E-state index contributed by atoms with van der Waals surface area (Å²) in [6.07, 6.45) is 13.4. The van der Waals surface area contributed by atoms with Gasteiger partial charge in [0.15, 0.2) is 0 Å². The molecule has 2 aliphatic heterocycles. The second-order valence-corrected chi connectivity index (χ2v) is 12.3. The van der Waals surface area contributed by atoms with Gasteiger partial charge in [-0.1, -0.05) is 39.0 Å². The maximum absolute atomic E-state index is 12.9. The molecule has 7 atom stereocenters. The molecule has 4 rings (SSSR count). The minimum absolute atomic E-state index is 0.0255. The number of ether oxygens (including phenoxy) is 3. The lowest BCUT2D eigenvalue weighted by atomic mass is 9.65. The van der Waals surface area contributed by atoms with Crippen molar-refractivity contribution in [2.24, 2.45) is 29.1 Å². The van der Waals surface area contributed by atoms with E-state index < -0.39 is 11.5 Å². The van der Waals surface area contributed by atoms with Gasteiger partial charge in [0.25, 0.3) is 0 Å². The molecule has 0 bridgehead atoms. The van der Waals surface area contributed by atoms with Gasteiger partial charge in [0.2, 0.25) is 0 Å². The molecule has 38 heavy (non-hydrogen) atoms. The van der Waals surface area contributed by atoms with Crippen molar-refractivity contribution in [1.82, 2.24) is 0 Å². The molecule has 0 aromatic carbocycles. The molecule has 7 heteroatoms. The van der Waals surface area contributed by atoms with Crippen molar-refractivity contribution in [2.75, 3.05) is 6.61 Å². The molecule has 2 heterocycles. The topological polar surface area (TPSA) is 99.1 Å². The molecule has 7 nitrogen and oxygen atoms in total. The molecule has 214 valence electrons. The van der Waals surface area contributed by atoms with E-state index >= 15 is 0 Å². The van der Waals surface area contributed by atoms with E-state index in [9.17, 15) is 19.5 Å². The number of hydrogen-bond donors (Lipinski definition) is 1. The zero-order chi connectivity index (χ0) is 27.9. The summed E-state index contributed by atoms with van der Waals surface area (Å²) in [5.41, 5.74) is 0.785. The number of carbonyl (C=O) groups excluding carboxylic acids is 3. The van der Waals surface area contributed by atoms with Crippen LogP contribution in [0.5, 0.6) is 0 Å². The number of carbonyl (C=O) groups is 3. The molecule has 2 fully saturated rings. The van der Waals surface area contributed by atoms with Crippen LogP contribution in [0.1, 0.15) is 98.8 Å². The van der Waals surface area contributed by atoms with Crippen LogP contribution < -0.4 is 0 Å². The van der Waals surface area contributed by atoms with E-state index in [0.717, 1.165) is 44.9 Å². The highest BCUT2D eigenvalue weighted by molar-refractivity contribution is 5.76. The highest BCUT2D eigenvalue weighted by atomic mass is 16.6. The first-order chi connectivity index (χ1) is 18.0. The lowest BCUT2D eigenvalue weighted by Gasteiger charge is -2.44. The van der Waals surface area contributed by atoms with E-state index in [1.54, 1.807) is 0 Å². The minimum Gasteiger partial charge on any atom is -0.466 e. The van der Waals surface area contributed by atoms with Crippen molar-refractivity contribution in [3.05, 3.63) is 23.8 Å². The van der Waals surface area contributed by atoms with E-state index in [0.29, 0.717) is 37.2 Å². The van der Waals surface area contributed by atoms with Gasteiger partial charge in [0.05, 0.1) is 24.5 Å². The van der Waals surface area contributed by atoms with Gasteiger partial charge in [-0.05, 0) is 82.1 Å². The minimum atomic E-state index is -0.601. The second-order valence-electron chi connectivity index (χ2n) is 12.3. The Labute approximate surface area is 228 Å². The normalized spacial score (nSPS) is 33.4. The smallest absolute Gasteiger partial charge is 0.311 e. The largest absolute Gasteiger partial charge is 0.466 e. The summed E-state index contributed by atoms with van der Waals surface area (Å²) in [7, 11) is 0. The second kappa shape index (κ2) is 13.8. The fraction of sp³-hybridized carbons (Fsp3) is 0.774. The quantitative estimate of drug-likeness (QED) is 0.347. The highest BCUT2D eigenvalue weighted by Gasteiger charge is 2.43. The number of aliphatic hydroxyl groups is 1. The Hall–Kier alpha value is -2.15. The van der Waals surface area contributed by atoms with Crippen molar-refractivity contribution in [3.63, 3.8) is 0 Å². The number of fused-ring (bicyclic) bond motifs is 1. The van der Waals surface area contributed by atoms with Gasteiger partial charge >= 0.3 is 17.9 Å². The van der Waals surface area contributed by atoms with Crippen LogP contribution >= 0.6 is 0 Å².